The van der Waals surface area contributed by atoms with Crippen LogP contribution in [-0.4, -0.2) is 115 Å². The Labute approximate surface area is 305 Å². The Hall–Kier alpha value is -2.71. The lowest BCUT2D eigenvalue weighted by Gasteiger charge is -2.38. The van der Waals surface area contributed by atoms with Crippen molar-refractivity contribution < 1.29 is 22.7 Å². The number of para-hydroxylation sites is 1. The number of nitrogens with zero attached hydrogens (tertiary/aromatic N) is 5. The van der Waals surface area contributed by atoms with Crippen LogP contribution >= 0.6 is 23.2 Å². The maximum Gasteiger partial charge on any atom is 0.281 e. The average molecular weight is 748 g/mol. The third kappa shape index (κ3) is 8.01. The van der Waals surface area contributed by atoms with Gasteiger partial charge in [-0.05, 0) is 61.8 Å². The van der Waals surface area contributed by atoms with Crippen molar-refractivity contribution in [1.29, 1.82) is 0 Å². The first-order chi connectivity index (χ1) is 23.8. The quantitative estimate of drug-likeness (QED) is 0.303. The summed E-state index contributed by atoms with van der Waals surface area (Å²) in [6.07, 6.45) is 7.16. The monoisotopic (exact) mass is 746 g/mol. The first-order valence-corrected chi connectivity index (χ1v) is 19.6. The molecular formula is C36H48Cl2N6O5S. The van der Waals surface area contributed by atoms with Crippen molar-refractivity contribution in [2.24, 2.45) is 13.0 Å². The van der Waals surface area contributed by atoms with E-state index in [1.54, 1.807) is 32.4 Å². The SMILES string of the molecule is CC1CCC(OC[C@@H]2C[C@H](N3CCN(S(=O)(=O)N(C)C)CC3)CN2C(=O)Cc2cc(Cl)c(NC(=O)c3cn(C)c4ccccc34)cc2Cl)CC1. The number of aromatic nitrogens is 1. The van der Waals surface area contributed by atoms with Crippen molar-refractivity contribution in [2.45, 2.75) is 63.6 Å². The number of halogens is 2. The minimum atomic E-state index is -3.47. The summed E-state index contributed by atoms with van der Waals surface area (Å²) < 4.78 is 36.5. The summed E-state index contributed by atoms with van der Waals surface area (Å²) >= 11 is 13.4. The molecule has 1 aromatic heterocycles. The van der Waals surface area contributed by atoms with E-state index in [-0.39, 0.29) is 36.4 Å². The third-order valence-corrected chi connectivity index (χ3v) is 13.2. The van der Waals surface area contributed by atoms with Gasteiger partial charge in [0.15, 0.2) is 0 Å². The molecule has 0 radical (unpaired) electrons. The summed E-state index contributed by atoms with van der Waals surface area (Å²) in [4.78, 5) is 31.5. The summed E-state index contributed by atoms with van der Waals surface area (Å²) in [7, 11) is 1.52. The van der Waals surface area contributed by atoms with Crippen molar-refractivity contribution in [2.75, 3.05) is 58.7 Å². The number of hydrogen-bond acceptors (Lipinski definition) is 6. The molecule has 3 aromatic rings. The Balaban J connectivity index is 1.14. The van der Waals surface area contributed by atoms with Crippen molar-refractivity contribution in [3.8, 4) is 0 Å². The molecule has 1 aliphatic carbocycles. The number of fused-ring (bicyclic) bond motifs is 1. The largest absolute Gasteiger partial charge is 0.376 e. The first-order valence-electron chi connectivity index (χ1n) is 17.5. The van der Waals surface area contributed by atoms with Gasteiger partial charge in [0.25, 0.3) is 16.1 Å². The van der Waals surface area contributed by atoms with Gasteiger partial charge in [-0.3, -0.25) is 14.5 Å². The van der Waals surface area contributed by atoms with Gasteiger partial charge in [-0.25, -0.2) is 0 Å². The number of amides is 2. The summed E-state index contributed by atoms with van der Waals surface area (Å²) in [5.74, 6) is 0.341. The van der Waals surface area contributed by atoms with Crippen LogP contribution in [0.3, 0.4) is 0 Å². The van der Waals surface area contributed by atoms with Gasteiger partial charge in [-0.2, -0.15) is 17.0 Å². The van der Waals surface area contributed by atoms with Crippen LogP contribution in [0.2, 0.25) is 10.0 Å². The normalized spacial score (nSPS) is 23.9. The van der Waals surface area contributed by atoms with Gasteiger partial charge in [0.2, 0.25) is 5.91 Å². The lowest BCUT2D eigenvalue weighted by Crippen LogP contribution is -2.54. The molecule has 0 unspecified atom stereocenters. The number of carbonyl (C=O) groups is 2. The molecule has 3 fully saturated rings. The van der Waals surface area contributed by atoms with Crippen LogP contribution in [0.1, 0.15) is 54.9 Å². The molecular weight excluding hydrogens is 699 g/mol. The van der Waals surface area contributed by atoms with Crippen LogP contribution in [0.4, 0.5) is 5.69 Å². The van der Waals surface area contributed by atoms with Gasteiger partial charge < -0.3 is 19.5 Å². The lowest BCUT2D eigenvalue weighted by molar-refractivity contribution is -0.133. The van der Waals surface area contributed by atoms with E-state index >= 15 is 0 Å². The molecule has 11 nitrogen and oxygen atoms in total. The molecule has 50 heavy (non-hydrogen) atoms. The minimum Gasteiger partial charge on any atom is -0.376 e. The average Bonchev–Trinajstić information content (AvgIpc) is 3.68. The highest BCUT2D eigenvalue weighted by molar-refractivity contribution is 7.86. The van der Waals surface area contributed by atoms with Crippen LogP contribution < -0.4 is 5.32 Å². The molecule has 14 heteroatoms. The number of hydrogen-bond donors (Lipinski definition) is 1. The van der Waals surface area contributed by atoms with Gasteiger partial charge in [-0.15, -0.1) is 0 Å². The highest BCUT2D eigenvalue weighted by atomic mass is 35.5. The molecule has 272 valence electrons. The smallest absolute Gasteiger partial charge is 0.281 e. The van der Waals surface area contributed by atoms with E-state index in [4.69, 9.17) is 27.9 Å². The number of anilines is 1. The second-order valence-corrected chi connectivity index (χ2v) is 17.2. The van der Waals surface area contributed by atoms with Gasteiger partial charge in [0.05, 0.1) is 41.4 Å². The lowest BCUT2D eigenvalue weighted by atomic mass is 9.89. The zero-order valence-corrected chi connectivity index (χ0v) is 31.6. The summed E-state index contributed by atoms with van der Waals surface area (Å²) in [5.41, 5.74) is 2.42. The summed E-state index contributed by atoms with van der Waals surface area (Å²) in [5, 5.41) is 4.36. The number of nitrogens with one attached hydrogen (secondary N) is 1. The minimum absolute atomic E-state index is 0.0507. The van der Waals surface area contributed by atoms with Crippen LogP contribution in [0.25, 0.3) is 10.9 Å². The predicted molar refractivity (Wildman–Crippen MR) is 198 cm³/mol. The highest BCUT2D eigenvalue weighted by Gasteiger charge is 2.40. The van der Waals surface area contributed by atoms with Crippen molar-refractivity contribution >= 4 is 61.8 Å². The van der Waals surface area contributed by atoms with E-state index < -0.39 is 10.2 Å². The maximum atomic E-state index is 14.0. The Kier molecular flexibility index (Phi) is 11.5. The Bertz CT molecular complexity index is 1820. The van der Waals surface area contributed by atoms with E-state index in [0.29, 0.717) is 72.1 Å². The number of carbonyl (C=O) groups excluding carboxylic acids is 2. The number of piperazine rings is 1. The van der Waals surface area contributed by atoms with Crippen molar-refractivity contribution in [3.63, 3.8) is 0 Å². The number of likely N-dealkylation sites (tertiary alicyclic amines) is 1. The topological polar surface area (TPSA) is 107 Å². The van der Waals surface area contributed by atoms with E-state index in [2.05, 4.69) is 17.1 Å². The van der Waals surface area contributed by atoms with Gasteiger partial charge in [0.1, 0.15) is 0 Å². The molecule has 3 aliphatic rings. The summed E-state index contributed by atoms with van der Waals surface area (Å²) in [6, 6.07) is 10.9. The maximum absolute atomic E-state index is 14.0. The second kappa shape index (κ2) is 15.5. The number of benzene rings is 2. The molecule has 0 bridgehead atoms. The molecule has 2 aromatic carbocycles. The highest BCUT2D eigenvalue weighted by Crippen LogP contribution is 2.33. The van der Waals surface area contributed by atoms with Crippen LogP contribution in [0.5, 0.6) is 0 Å². The molecule has 3 heterocycles. The molecule has 2 aliphatic heterocycles. The van der Waals surface area contributed by atoms with Crippen LogP contribution in [0.15, 0.2) is 42.6 Å². The van der Waals surface area contributed by atoms with Gasteiger partial charge in [0, 0.05) is 82.0 Å². The fourth-order valence-corrected chi connectivity index (χ4v) is 9.14. The molecule has 1 saturated carbocycles. The molecule has 2 saturated heterocycles. The van der Waals surface area contributed by atoms with Crippen LogP contribution in [0, 0.1) is 5.92 Å². The Morgan fingerprint density at radius 1 is 1.00 bits per heavy atom. The number of aryl methyl sites for hydroxylation is 1. The van der Waals surface area contributed by atoms with E-state index in [1.165, 1.54) is 8.61 Å². The zero-order valence-electron chi connectivity index (χ0n) is 29.3. The predicted octanol–water partition coefficient (Wildman–Crippen LogP) is 5.27. The van der Waals surface area contributed by atoms with Crippen molar-refractivity contribution in [1.82, 2.24) is 23.0 Å². The zero-order chi connectivity index (χ0) is 35.7. The standard InChI is InChI=1S/C36H48Cl2N6O5S/c1-24-9-11-28(12-10-24)49-23-27-19-26(42-13-15-43(16-14-42)50(47,48)40(2)3)21-44(27)35(45)18-25-17-32(38)33(20-31(25)37)39-36(46)30-22-41(4)34-8-6-5-7-29(30)34/h5-8,17,20,22,24,26-28H,9-16,18-19,21,23H2,1-4H3,(H,39,46)/t24?,26-,27-,28?/m0/s1. The molecule has 2 atom stereocenters. The Morgan fingerprint density at radius 3 is 2.40 bits per heavy atom. The van der Waals surface area contributed by atoms with Gasteiger partial charge in [-0.1, -0.05) is 48.3 Å². The van der Waals surface area contributed by atoms with E-state index in [1.807, 2.05) is 40.8 Å². The van der Waals surface area contributed by atoms with Crippen molar-refractivity contribution in [3.05, 3.63) is 63.8 Å². The second-order valence-electron chi connectivity index (χ2n) is 14.3. The van der Waals surface area contributed by atoms with Gasteiger partial charge >= 0.3 is 0 Å². The third-order valence-electron chi connectivity index (χ3n) is 10.6. The van der Waals surface area contributed by atoms with E-state index in [0.717, 1.165) is 43.0 Å². The van der Waals surface area contributed by atoms with E-state index in [9.17, 15) is 18.0 Å². The van der Waals surface area contributed by atoms with Crippen LogP contribution in [-0.2, 0) is 33.2 Å². The molecule has 6 rings (SSSR count). The molecule has 1 N–H and O–H groups in total. The number of ether oxygens (including phenoxy) is 1. The number of rotatable bonds is 10. The fourth-order valence-electron chi connectivity index (χ4n) is 7.59. The first kappa shape index (κ1) is 37.1. The summed E-state index contributed by atoms with van der Waals surface area (Å²) in [6.45, 7) is 5.28. The fraction of sp³-hybridized carbons (Fsp3) is 0.556. The molecule has 0 spiro atoms. The Morgan fingerprint density at radius 2 is 1.70 bits per heavy atom. The molecule has 2 amide bonds.